The van der Waals surface area contributed by atoms with Crippen molar-refractivity contribution < 1.29 is 17.2 Å². The highest BCUT2D eigenvalue weighted by molar-refractivity contribution is 7.86. The summed E-state index contributed by atoms with van der Waals surface area (Å²) in [6, 6.07) is 7.69. The zero-order valence-electron chi connectivity index (χ0n) is 13.1. The summed E-state index contributed by atoms with van der Waals surface area (Å²) in [4.78, 5) is 3.83. The second-order valence-corrected chi connectivity index (χ2v) is 7.68. The van der Waals surface area contributed by atoms with Crippen LogP contribution in [0.4, 0.5) is 8.78 Å². The smallest absolute Gasteiger partial charge is 0.277 e. The lowest BCUT2D eigenvalue weighted by Gasteiger charge is -2.31. The summed E-state index contributed by atoms with van der Waals surface area (Å²) in [5, 5.41) is 0. The molecule has 0 spiro atoms. The first-order chi connectivity index (χ1) is 11.4. The number of alkyl halides is 2. The minimum absolute atomic E-state index is 0.00786. The van der Waals surface area contributed by atoms with E-state index in [4.69, 9.17) is 0 Å². The van der Waals surface area contributed by atoms with Gasteiger partial charge in [0.25, 0.3) is 10.2 Å². The van der Waals surface area contributed by atoms with Gasteiger partial charge in [0.1, 0.15) is 5.82 Å². The fourth-order valence-corrected chi connectivity index (χ4v) is 4.09. The maximum Gasteiger partial charge on any atom is 0.319 e. The zero-order valence-corrected chi connectivity index (χ0v) is 14.0. The number of nitrogens with zero attached hydrogens (tertiary/aromatic N) is 4. The molecule has 9 heteroatoms. The van der Waals surface area contributed by atoms with Crippen LogP contribution in [-0.2, 0) is 29.7 Å². The summed E-state index contributed by atoms with van der Waals surface area (Å²) in [5.41, 5.74) is 2.11. The summed E-state index contributed by atoms with van der Waals surface area (Å²) in [6.45, 7) is -2.31. The fraction of sp³-hybridized carbons (Fsp3) is 0.400. The van der Waals surface area contributed by atoms with E-state index in [1.165, 1.54) is 17.5 Å². The van der Waals surface area contributed by atoms with Crippen molar-refractivity contribution in [2.75, 3.05) is 13.6 Å². The summed E-state index contributed by atoms with van der Waals surface area (Å²) < 4.78 is 54.3. The van der Waals surface area contributed by atoms with Crippen LogP contribution >= 0.6 is 0 Å². The molecular weight excluding hydrogens is 338 g/mol. The number of imidazole rings is 1. The monoisotopic (exact) mass is 356 g/mol. The van der Waals surface area contributed by atoms with E-state index in [1.54, 1.807) is 0 Å². The minimum atomic E-state index is -3.75. The standard InChI is InChI=1S/C15H18F2N4O2S/c1-19(11-14-18-7-9-21(14)15(16)17)24(22,23)20-8-6-12-4-2-3-5-13(12)10-20/h2-5,7,9,15H,6,8,10-11H2,1H3. The van der Waals surface area contributed by atoms with Crippen LogP contribution in [0.25, 0.3) is 0 Å². The van der Waals surface area contributed by atoms with E-state index in [0.29, 0.717) is 17.5 Å². The molecule has 0 fully saturated rings. The summed E-state index contributed by atoms with van der Waals surface area (Å²) in [5.74, 6) is 0.00786. The Morgan fingerprint density at radius 1 is 1.29 bits per heavy atom. The third kappa shape index (κ3) is 3.19. The maximum atomic E-state index is 12.9. The zero-order chi connectivity index (χ0) is 17.3. The molecule has 1 aliphatic heterocycles. The molecule has 0 saturated heterocycles. The Kier molecular flexibility index (Phi) is 4.66. The number of aromatic nitrogens is 2. The van der Waals surface area contributed by atoms with Crippen molar-refractivity contribution in [3.63, 3.8) is 0 Å². The Morgan fingerprint density at radius 3 is 2.71 bits per heavy atom. The Balaban J connectivity index is 1.77. The molecule has 0 bridgehead atoms. The molecule has 24 heavy (non-hydrogen) atoms. The van der Waals surface area contributed by atoms with E-state index < -0.39 is 16.8 Å². The molecule has 3 rings (SSSR count). The van der Waals surface area contributed by atoms with E-state index in [0.717, 1.165) is 21.6 Å². The molecular formula is C15H18F2N4O2S. The van der Waals surface area contributed by atoms with Gasteiger partial charge in [0, 0.05) is 32.5 Å². The van der Waals surface area contributed by atoms with E-state index >= 15 is 0 Å². The Hall–Kier alpha value is -1.84. The number of fused-ring (bicyclic) bond motifs is 1. The van der Waals surface area contributed by atoms with E-state index in [2.05, 4.69) is 4.98 Å². The molecule has 0 amide bonds. The molecule has 0 radical (unpaired) electrons. The van der Waals surface area contributed by atoms with Crippen molar-refractivity contribution in [3.05, 3.63) is 53.6 Å². The van der Waals surface area contributed by atoms with Crippen LogP contribution in [0.1, 0.15) is 23.5 Å². The lowest BCUT2D eigenvalue weighted by atomic mass is 10.0. The molecule has 6 nitrogen and oxygen atoms in total. The number of halogens is 2. The van der Waals surface area contributed by atoms with Crippen molar-refractivity contribution in [3.8, 4) is 0 Å². The predicted molar refractivity (Wildman–Crippen MR) is 84.4 cm³/mol. The first-order valence-corrected chi connectivity index (χ1v) is 8.87. The van der Waals surface area contributed by atoms with Crippen molar-refractivity contribution >= 4 is 10.2 Å². The van der Waals surface area contributed by atoms with Crippen LogP contribution in [0.3, 0.4) is 0 Å². The maximum absolute atomic E-state index is 12.9. The third-order valence-corrected chi connectivity index (χ3v) is 6.02. The van der Waals surface area contributed by atoms with Crippen LogP contribution in [0, 0.1) is 0 Å². The van der Waals surface area contributed by atoms with Gasteiger partial charge in [-0.1, -0.05) is 24.3 Å². The molecule has 1 aromatic heterocycles. The molecule has 0 saturated carbocycles. The Labute approximate surface area is 139 Å². The number of hydrogen-bond donors (Lipinski definition) is 0. The predicted octanol–water partition coefficient (Wildman–Crippen LogP) is 2.01. The van der Waals surface area contributed by atoms with Gasteiger partial charge in [0.2, 0.25) is 0 Å². The van der Waals surface area contributed by atoms with E-state index in [-0.39, 0.29) is 18.9 Å². The molecule has 1 aromatic carbocycles. The van der Waals surface area contributed by atoms with Gasteiger partial charge in [0.05, 0.1) is 6.54 Å². The van der Waals surface area contributed by atoms with Crippen molar-refractivity contribution in [2.24, 2.45) is 0 Å². The highest BCUT2D eigenvalue weighted by Gasteiger charge is 2.31. The molecule has 130 valence electrons. The van der Waals surface area contributed by atoms with Gasteiger partial charge >= 0.3 is 6.55 Å². The van der Waals surface area contributed by atoms with Gasteiger partial charge in [-0.05, 0) is 17.5 Å². The quantitative estimate of drug-likeness (QED) is 0.823. The van der Waals surface area contributed by atoms with Crippen LogP contribution in [0.2, 0.25) is 0 Å². The van der Waals surface area contributed by atoms with Crippen molar-refractivity contribution in [2.45, 2.75) is 26.1 Å². The average molecular weight is 356 g/mol. The molecule has 0 aliphatic carbocycles. The third-order valence-electron chi connectivity index (χ3n) is 4.14. The molecule has 0 N–H and O–H groups in total. The minimum Gasteiger partial charge on any atom is -0.277 e. The SMILES string of the molecule is CN(Cc1nccn1C(F)F)S(=O)(=O)N1CCc2ccccc2C1. The van der Waals surface area contributed by atoms with Gasteiger partial charge in [-0.3, -0.25) is 4.57 Å². The molecule has 2 aromatic rings. The number of benzene rings is 1. The average Bonchev–Trinajstić information content (AvgIpc) is 3.02. The highest BCUT2D eigenvalue weighted by Crippen LogP contribution is 2.23. The molecule has 0 atom stereocenters. The second-order valence-electron chi connectivity index (χ2n) is 5.64. The van der Waals surface area contributed by atoms with Crippen LogP contribution < -0.4 is 0 Å². The molecule has 2 heterocycles. The normalized spacial score (nSPS) is 15.9. The van der Waals surface area contributed by atoms with E-state index in [9.17, 15) is 17.2 Å². The second kappa shape index (κ2) is 6.58. The topological polar surface area (TPSA) is 58.4 Å². The van der Waals surface area contributed by atoms with Crippen LogP contribution in [0.15, 0.2) is 36.7 Å². The van der Waals surface area contributed by atoms with Crippen LogP contribution in [-0.4, -0.2) is 40.2 Å². The Morgan fingerprint density at radius 2 is 2.00 bits per heavy atom. The van der Waals surface area contributed by atoms with Gasteiger partial charge < -0.3 is 0 Å². The van der Waals surface area contributed by atoms with Crippen LogP contribution in [0.5, 0.6) is 0 Å². The lowest BCUT2D eigenvalue weighted by molar-refractivity contribution is 0.0657. The van der Waals surface area contributed by atoms with Crippen molar-refractivity contribution in [1.82, 2.24) is 18.2 Å². The summed E-state index contributed by atoms with van der Waals surface area (Å²) >= 11 is 0. The van der Waals surface area contributed by atoms with Crippen molar-refractivity contribution in [1.29, 1.82) is 0 Å². The van der Waals surface area contributed by atoms with E-state index in [1.807, 2.05) is 24.3 Å². The summed E-state index contributed by atoms with van der Waals surface area (Å²) in [7, 11) is -2.38. The largest absolute Gasteiger partial charge is 0.319 e. The van der Waals surface area contributed by atoms with Gasteiger partial charge in [0.15, 0.2) is 0 Å². The number of rotatable bonds is 5. The fourth-order valence-electron chi connectivity index (χ4n) is 2.79. The lowest BCUT2D eigenvalue weighted by Crippen LogP contribution is -2.44. The molecule has 0 unspecified atom stereocenters. The summed E-state index contributed by atoms with van der Waals surface area (Å²) in [6.07, 6.45) is 3.01. The first kappa shape index (κ1) is 17.0. The van der Waals surface area contributed by atoms with Gasteiger partial charge in [-0.2, -0.15) is 25.8 Å². The number of hydrogen-bond acceptors (Lipinski definition) is 3. The molecule has 1 aliphatic rings. The Bertz CT molecular complexity index is 822. The highest BCUT2D eigenvalue weighted by atomic mass is 32.2. The van der Waals surface area contributed by atoms with Gasteiger partial charge in [-0.15, -0.1) is 0 Å². The van der Waals surface area contributed by atoms with Gasteiger partial charge in [-0.25, -0.2) is 4.98 Å². The first-order valence-electron chi connectivity index (χ1n) is 7.47.